The van der Waals surface area contributed by atoms with E-state index in [2.05, 4.69) is 26.6 Å². The number of hydrogen-bond acceptors (Lipinski definition) is 5. The summed E-state index contributed by atoms with van der Waals surface area (Å²) in [4.78, 5) is 22.1. The van der Waals surface area contributed by atoms with E-state index in [0.717, 1.165) is 21.5 Å². The van der Waals surface area contributed by atoms with Crippen molar-refractivity contribution in [3.05, 3.63) is 62.6 Å². The Labute approximate surface area is 160 Å². The largest absolute Gasteiger partial charge is 0.496 e. The van der Waals surface area contributed by atoms with Gasteiger partial charge in [-0.05, 0) is 52.2 Å². The summed E-state index contributed by atoms with van der Waals surface area (Å²) >= 11 is 3.43. The summed E-state index contributed by atoms with van der Waals surface area (Å²) in [5.74, 6) is 0.734. The molecule has 0 heterocycles. The number of carbonyl (C=O) groups excluding carboxylic acids is 1. The minimum atomic E-state index is -0.439. The fourth-order valence-electron chi connectivity index (χ4n) is 2.32. The molecule has 0 radical (unpaired) electrons. The number of amides is 1. The highest BCUT2D eigenvalue weighted by Crippen LogP contribution is 2.25. The number of benzene rings is 2. The Hall–Kier alpha value is -2.61. The summed E-state index contributed by atoms with van der Waals surface area (Å²) in [6.45, 7) is 1.01. The molecule has 0 fully saturated rings. The average molecular weight is 422 g/mol. The number of non-ortho nitro benzene ring substituents is 1. The molecule has 2 aromatic rings. The van der Waals surface area contributed by atoms with Crippen molar-refractivity contribution in [3.63, 3.8) is 0 Å². The van der Waals surface area contributed by atoms with Crippen LogP contribution in [0.15, 0.2) is 46.9 Å². The highest BCUT2D eigenvalue weighted by Gasteiger charge is 2.06. The minimum absolute atomic E-state index is 0.0255. The van der Waals surface area contributed by atoms with Gasteiger partial charge in [-0.25, -0.2) is 0 Å². The molecule has 2 rings (SSSR count). The number of halogens is 1. The fourth-order valence-corrected chi connectivity index (χ4v) is 2.91. The lowest BCUT2D eigenvalue weighted by atomic mass is 10.1. The van der Waals surface area contributed by atoms with E-state index in [1.54, 1.807) is 19.2 Å². The average Bonchev–Trinajstić information content (AvgIpc) is 2.64. The van der Waals surface area contributed by atoms with Crippen molar-refractivity contribution >= 4 is 33.2 Å². The number of aryl methyl sites for hydroxylation is 1. The van der Waals surface area contributed by atoms with Crippen molar-refractivity contribution in [2.45, 2.75) is 12.8 Å². The summed E-state index contributed by atoms with van der Waals surface area (Å²) in [5.41, 5.74) is 1.87. The van der Waals surface area contributed by atoms with E-state index in [0.29, 0.717) is 25.9 Å². The molecular formula is C18H20BrN3O4. The summed E-state index contributed by atoms with van der Waals surface area (Å²) in [7, 11) is 1.61. The second-order valence-electron chi connectivity index (χ2n) is 5.55. The van der Waals surface area contributed by atoms with Crippen LogP contribution in [0.4, 0.5) is 11.4 Å². The summed E-state index contributed by atoms with van der Waals surface area (Å²) < 4.78 is 6.05. The maximum absolute atomic E-state index is 11.9. The molecule has 0 unspecified atom stereocenters. The first-order valence-electron chi connectivity index (χ1n) is 8.07. The third-order valence-electron chi connectivity index (χ3n) is 3.71. The van der Waals surface area contributed by atoms with Crippen LogP contribution in [0.5, 0.6) is 5.75 Å². The number of methoxy groups -OCH3 is 1. The summed E-state index contributed by atoms with van der Waals surface area (Å²) in [6, 6.07) is 11.9. The van der Waals surface area contributed by atoms with E-state index in [1.807, 2.05) is 18.2 Å². The quantitative estimate of drug-likeness (QED) is 0.367. The maximum Gasteiger partial charge on any atom is 0.269 e. The second kappa shape index (κ2) is 9.76. The first kappa shape index (κ1) is 19.7. The molecule has 0 aromatic heterocycles. The third kappa shape index (κ3) is 6.03. The van der Waals surface area contributed by atoms with E-state index < -0.39 is 4.92 Å². The fraction of sp³-hybridized carbons (Fsp3) is 0.278. The molecule has 0 aliphatic carbocycles. The van der Waals surface area contributed by atoms with Crippen LogP contribution in [0.25, 0.3) is 0 Å². The number of hydrogen-bond donors (Lipinski definition) is 2. The molecule has 8 heteroatoms. The van der Waals surface area contributed by atoms with Crippen LogP contribution in [0.3, 0.4) is 0 Å². The molecule has 0 aliphatic heterocycles. The Balaban J connectivity index is 1.67. The Morgan fingerprint density at radius 2 is 1.92 bits per heavy atom. The Morgan fingerprint density at radius 3 is 2.54 bits per heavy atom. The lowest BCUT2D eigenvalue weighted by Gasteiger charge is -2.09. The molecule has 0 atom stereocenters. The van der Waals surface area contributed by atoms with Crippen molar-refractivity contribution in [3.8, 4) is 5.75 Å². The van der Waals surface area contributed by atoms with E-state index in [4.69, 9.17) is 4.74 Å². The molecule has 0 spiro atoms. The number of nitro groups is 1. The Kier molecular flexibility index (Phi) is 7.40. The highest BCUT2D eigenvalue weighted by molar-refractivity contribution is 9.10. The van der Waals surface area contributed by atoms with Crippen LogP contribution >= 0.6 is 15.9 Å². The number of nitro benzene ring substituents is 1. The first-order chi connectivity index (χ1) is 12.5. The van der Waals surface area contributed by atoms with Crippen LogP contribution in [-0.2, 0) is 11.2 Å². The highest BCUT2D eigenvalue weighted by atomic mass is 79.9. The van der Waals surface area contributed by atoms with Crippen molar-refractivity contribution in [1.29, 1.82) is 0 Å². The summed E-state index contributed by atoms with van der Waals surface area (Å²) in [5, 5.41) is 16.5. The van der Waals surface area contributed by atoms with Gasteiger partial charge in [0.2, 0.25) is 5.91 Å². The summed E-state index contributed by atoms with van der Waals surface area (Å²) in [6.07, 6.45) is 1.04. The third-order valence-corrected chi connectivity index (χ3v) is 4.33. The lowest BCUT2D eigenvalue weighted by Crippen LogP contribution is -2.28. The smallest absolute Gasteiger partial charge is 0.269 e. The number of nitrogens with one attached hydrogen (secondary N) is 2. The van der Waals surface area contributed by atoms with E-state index in [1.165, 1.54) is 12.1 Å². The van der Waals surface area contributed by atoms with Gasteiger partial charge in [0, 0.05) is 37.3 Å². The SMILES string of the molecule is COc1ccc(CCC(=O)NCCNc2ccc([N+](=O)[O-])cc2)cc1Br. The van der Waals surface area contributed by atoms with E-state index in [9.17, 15) is 14.9 Å². The Bertz CT molecular complexity index is 766. The normalized spacial score (nSPS) is 10.2. The monoisotopic (exact) mass is 421 g/mol. The molecule has 0 bridgehead atoms. The van der Waals surface area contributed by atoms with Gasteiger partial charge in [-0.15, -0.1) is 0 Å². The van der Waals surface area contributed by atoms with Gasteiger partial charge in [-0.1, -0.05) is 6.07 Å². The predicted octanol–water partition coefficient (Wildman–Crippen LogP) is 3.53. The first-order valence-corrected chi connectivity index (χ1v) is 8.86. The van der Waals surface area contributed by atoms with Gasteiger partial charge >= 0.3 is 0 Å². The predicted molar refractivity (Wildman–Crippen MR) is 104 cm³/mol. The van der Waals surface area contributed by atoms with Gasteiger partial charge in [0.05, 0.1) is 16.5 Å². The van der Waals surface area contributed by atoms with Crippen LogP contribution in [-0.4, -0.2) is 31.0 Å². The number of rotatable bonds is 9. The number of carbonyl (C=O) groups is 1. The molecule has 0 saturated heterocycles. The van der Waals surface area contributed by atoms with Gasteiger partial charge in [0.15, 0.2) is 0 Å². The van der Waals surface area contributed by atoms with Crippen molar-refractivity contribution in [2.24, 2.45) is 0 Å². The molecule has 2 aromatic carbocycles. The molecule has 2 N–H and O–H groups in total. The minimum Gasteiger partial charge on any atom is -0.496 e. The molecule has 0 aliphatic rings. The van der Waals surface area contributed by atoms with Crippen LogP contribution < -0.4 is 15.4 Å². The van der Waals surface area contributed by atoms with E-state index in [-0.39, 0.29) is 11.6 Å². The van der Waals surface area contributed by atoms with Gasteiger partial charge in [0.1, 0.15) is 5.75 Å². The van der Waals surface area contributed by atoms with Crippen LogP contribution in [0.1, 0.15) is 12.0 Å². The maximum atomic E-state index is 11.9. The number of nitrogens with zero attached hydrogens (tertiary/aromatic N) is 1. The van der Waals surface area contributed by atoms with Crippen LogP contribution in [0, 0.1) is 10.1 Å². The van der Waals surface area contributed by atoms with E-state index >= 15 is 0 Å². The zero-order valence-corrected chi connectivity index (χ0v) is 15.9. The van der Waals surface area contributed by atoms with Gasteiger partial charge < -0.3 is 15.4 Å². The second-order valence-corrected chi connectivity index (χ2v) is 6.40. The van der Waals surface area contributed by atoms with Crippen molar-refractivity contribution in [1.82, 2.24) is 5.32 Å². The lowest BCUT2D eigenvalue weighted by molar-refractivity contribution is -0.384. The topological polar surface area (TPSA) is 93.5 Å². The zero-order chi connectivity index (χ0) is 18.9. The molecule has 26 heavy (non-hydrogen) atoms. The Morgan fingerprint density at radius 1 is 1.19 bits per heavy atom. The molecule has 7 nitrogen and oxygen atoms in total. The van der Waals surface area contributed by atoms with Gasteiger partial charge in [0.25, 0.3) is 5.69 Å². The van der Waals surface area contributed by atoms with Crippen molar-refractivity contribution < 1.29 is 14.5 Å². The molecule has 138 valence electrons. The standard InChI is InChI=1S/C18H20BrN3O4/c1-26-17-8-2-13(12-16(17)19)3-9-18(23)21-11-10-20-14-4-6-15(7-5-14)22(24)25/h2,4-8,12,20H,3,9-11H2,1H3,(H,21,23). The van der Waals surface area contributed by atoms with Gasteiger partial charge in [-0.3, -0.25) is 14.9 Å². The number of anilines is 1. The molecule has 0 saturated carbocycles. The molecular weight excluding hydrogens is 402 g/mol. The van der Waals surface area contributed by atoms with Gasteiger partial charge in [-0.2, -0.15) is 0 Å². The molecule has 1 amide bonds. The van der Waals surface area contributed by atoms with Crippen LogP contribution in [0.2, 0.25) is 0 Å². The van der Waals surface area contributed by atoms with Crippen molar-refractivity contribution in [2.75, 3.05) is 25.5 Å². The number of ether oxygens (including phenoxy) is 1. The zero-order valence-electron chi connectivity index (χ0n) is 14.3.